The van der Waals surface area contributed by atoms with Gasteiger partial charge in [0, 0.05) is 0 Å². The Kier molecular flexibility index (Phi) is 2.57. The predicted molar refractivity (Wildman–Crippen MR) is 42.4 cm³/mol. The summed E-state index contributed by atoms with van der Waals surface area (Å²) in [7, 11) is 0. The Morgan fingerprint density at radius 3 is 2.92 bits per heavy atom. The first kappa shape index (κ1) is 8.45. The summed E-state index contributed by atoms with van der Waals surface area (Å²) in [5.41, 5.74) is 2.73. The predicted octanol–water partition coefficient (Wildman–Crippen LogP) is -0.821. The van der Waals surface area contributed by atoms with E-state index in [2.05, 4.69) is 22.4 Å². The lowest BCUT2D eigenvalue weighted by Crippen LogP contribution is -2.17. The molecule has 0 aromatic carbocycles. The van der Waals surface area contributed by atoms with Crippen molar-refractivity contribution in [2.45, 2.75) is 6.42 Å². The van der Waals surface area contributed by atoms with Crippen molar-refractivity contribution >= 4 is 17.5 Å². The zero-order valence-corrected chi connectivity index (χ0v) is 6.41. The fourth-order valence-corrected chi connectivity index (χ4v) is 0.729. The van der Waals surface area contributed by atoms with Crippen LogP contribution in [0.5, 0.6) is 0 Å². The Labute approximate surface area is 69.5 Å². The van der Waals surface area contributed by atoms with Crippen LogP contribution in [0, 0.1) is 0 Å². The number of carbonyl (C=O) groups excluding carboxylic acids is 2. The van der Waals surface area contributed by atoms with Gasteiger partial charge in [0.2, 0.25) is 0 Å². The van der Waals surface area contributed by atoms with Crippen LogP contribution in [-0.4, -0.2) is 24.1 Å². The van der Waals surface area contributed by atoms with Crippen LogP contribution in [0.3, 0.4) is 0 Å². The zero-order chi connectivity index (χ0) is 8.97. The molecule has 5 heteroatoms. The lowest BCUT2D eigenvalue weighted by molar-refractivity contribution is -0.124. The fraction of sp³-hybridized carbons (Fsp3) is 0.286. The van der Waals surface area contributed by atoms with Gasteiger partial charge in [0.05, 0.1) is 13.0 Å². The highest BCUT2D eigenvalue weighted by atomic mass is 16.2. The van der Waals surface area contributed by atoms with E-state index in [1.54, 1.807) is 6.08 Å². The van der Waals surface area contributed by atoms with Crippen molar-refractivity contribution in [1.29, 1.82) is 0 Å². The summed E-state index contributed by atoms with van der Waals surface area (Å²) in [6, 6.07) is 0. The average Bonchev–Trinajstić information content (AvgIpc) is 2.31. The Hall–Kier alpha value is -1.65. The van der Waals surface area contributed by atoms with Crippen molar-refractivity contribution in [2.75, 3.05) is 6.54 Å². The van der Waals surface area contributed by atoms with Crippen LogP contribution in [0.4, 0.5) is 0 Å². The Morgan fingerprint density at radius 1 is 1.67 bits per heavy atom. The first-order valence-electron chi connectivity index (χ1n) is 3.43. The van der Waals surface area contributed by atoms with E-state index in [1.165, 1.54) is 0 Å². The molecule has 0 bridgehead atoms. The van der Waals surface area contributed by atoms with Crippen LogP contribution in [-0.2, 0) is 9.59 Å². The quantitative estimate of drug-likeness (QED) is 0.257. The van der Waals surface area contributed by atoms with Crippen molar-refractivity contribution in [3.63, 3.8) is 0 Å². The molecule has 1 heterocycles. The van der Waals surface area contributed by atoms with E-state index in [0.29, 0.717) is 6.54 Å². The van der Waals surface area contributed by atoms with Crippen LogP contribution in [0.15, 0.2) is 17.8 Å². The van der Waals surface area contributed by atoms with E-state index in [1.807, 2.05) is 0 Å². The molecule has 0 aromatic rings. The van der Waals surface area contributed by atoms with Crippen molar-refractivity contribution in [3.8, 4) is 0 Å². The molecule has 1 fully saturated rings. The molecule has 63 valence electrons. The molecule has 0 aromatic heterocycles. The number of carbonyl (C=O) groups is 2. The smallest absolute Gasteiger partial charge is 0.296 e. The van der Waals surface area contributed by atoms with Crippen molar-refractivity contribution < 1.29 is 9.59 Å². The number of imide groups is 1. The number of nitrogens with one attached hydrogen (secondary N) is 1. The molecular formula is C7H8N3O2. The first-order chi connectivity index (χ1) is 5.74. The van der Waals surface area contributed by atoms with Gasteiger partial charge in [-0.15, -0.1) is 6.58 Å². The number of amides is 2. The van der Waals surface area contributed by atoms with Crippen LogP contribution in [0.1, 0.15) is 6.42 Å². The van der Waals surface area contributed by atoms with Crippen LogP contribution >= 0.6 is 0 Å². The molecular weight excluding hydrogens is 158 g/mol. The third-order valence-corrected chi connectivity index (χ3v) is 1.24. The van der Waals surface area contributed by atoms with Gasteiger partial charge in [-0.1, -0.05) is 6.08 Å². The second-order valence-corrected chi connectivity index (χ2v) is 2.20. The topological polar surface area (TPSA) is 72.6 Å². The Bertz CT molecular complexity index is 257. The standard InChI is InChI=1S/C7H8N3O2/c1-2-3-8-10-5-4-6(11)9-7(5)12/h2,8H,1,3-4H2. The molecule has 0 saturated carbocycles. The van der Waals surface area contributed by atoms with Gasteiger partial charge in [0.15, 0.2) is 0 Å². The summed E-state index contributed by atoms with van der Waals surface area (Å²) in [6.07, 6.45) is 1.60. The minimum Gasteiger partial charge on any atom is -0.306 e. The van der Waals surface area contributed by atoms with Gasteiger partial charge in [-0.2, -0.15) is 10.4 Å². The summed E-state index contributed by atoms with van der Waals surface area (Å²) in [5, 5.41) is 6.85. The van der Waals surface area contributed by atoms with Gasteiger partial charge < -0.3 is 5.43 Å². The molecule has 0 unspecified atom stereocenters. The summed E-state index contributed by atoms with van der Waals surface area (Å²) >= 11 is 0. The van der Waals surface area contributed by atoms with E-state index < -0.39 is 11.8 Å². The molecule has 1 aliphatic rings. The van der Waals surface area contributed by atoms with Crippen LogP contribution < -0.4 is 10.7 Å². The lowest BCUT2D eigenvalue weighted by atomic mass is 10.3. The molecule has 0 spiro atoms. The van der Waals surface area contributed by atoms with E-state index in [4.69, 9.17) is 0 Å². The van der Waals surface area contributed by atoms with E-state index >= 15 is 0 Å². The van der Waals surface area contributed by atoms with Gasteiger partial charge in [-0.3, -0.25) is 9.59 Å². The average molecular weight is 166 g/mol. The fourth-order valence-electron chi connectivity index (χ4n) is 0.729. The molecule has 0 aliphatic carbocycles. The molecule has 0 atom stereocenters. The minimum absolute atomic E-state index is 0.00295. The van der Waals surface area contributed by atoms with Gasteiger partial charge in [-0.05, 0) is 0 Å². The highest BCUT2D eigenvalue weighted by molar-refractivity contribution is 6.48. The third kappa shape index (κ3) is 1.91. The lowest BCUT2D eigenvalue weighted by Gasteiger charge is -1.93. The molecule has 2 amide bonds. The molecule has 1 aliphatic heterocycles. The second-order valence-electron chi connectivity index (χ2n) is 2.20. The van der Waals surface area contributed by atoms with Gasteiger partial charge in [0.1, 0.15) is 5.71 Å². The van der Waals surface area contributed by atoms with Crippen molar-refractivity contribution in [1.82, 2.24) is 10.7 Å². The monoisotopic (exact) mass is 166 g/mol. The molecule has 5 nitrogen and oxygen atoms in total. The maximum atomic E-state index is 10.8. The molecule has 1 radical (unpaired) electrons. The second kappa shape index (κ2) is 3.66. The summed E-state index contributed by atoms with van der Waals surface area (Å²) < 4.78 is 0. The largest absolute Gasteiger partial charge is 0.306 e. The van der Waals surface area contributed by atoms with E-state index in [-0.39, 0.29) is 12.1 Å². The summed E-state index contributed by atoms with van der Waals surface area (Å²) in [4.78, 5) is 21.4. The van der Waals surface area contributed by atoms with Crippen molar-refractivity contribution in [3.05, 3.63) is 12.7 Å². The minimum atomic E-state index is -0.545. The Morgan fingerprint density at radius 2 is 2.42 bits per heavy atom. The summed E-state index contributed by atoms with van der Waals surface area (Å²) in [5.74, 6) is -0.976. The number of nitrogens with zero attached hydrogens (tertiary/aromatic N) is 2. The number of hydrazone groups is 1. The normalized spacial score (nSPS) is 19.5. The van der Waals surface area contributed by atoms with Crippen molar-refractivity contribution in [2.24, 2.45) is 5.10 Å². The van der Waals surface area contributed by atoms with Crippen LogP contribution in [0.2, 0.25) is 0 Å². The summed E-state index contributed by atoms with van der Waals surface area (Å²) in [6.45, 7) is 3.91. The van der Waals surface area contributed by atoms with Gasteiger partial charge in [-0.25, -0.2) is 0 Å². The third-order valence-electron chi connectivity index (χ3n) is 1.24. The molecule has 1 N–H and O–H groups in total. The van der Waals surface area contributed by atoms with E-state index in [9.17, 15) is 9.59 Å². The number of hydrogen-bond donors (Lipinski definition) is 1. The number of hydrogen-bond acceptors (Lipinski definition) is 4. The molecule has 12 heavy (non-hydrogen) atoms. The van der Waals surface area contributed by atoms with Crippen LogP contribution in [0.25, 0.3) is 0 Å². The number of rotatable bonds is 3. The SMILES string of the molecule is C=CCNN=C1CC(=O)[N]C1=O. The first-order valence-corrected chi connectivity index (χ1v) is 3.43. The van der Waals surface area contributed by atoms with Gasteiger partial charge >= 0.3 is 0 Å². The highest BCUT2D eigenvalue weighted by Crippen LogP contribution is 1.97. The van der Waals surface area contributed by atoms with E-state index in [0.717, 1.165) is 0 Å². The molecule has 1 saturated heterocycles. The zero-order valence-electron chi connectivity index (χ0n) is 6.41. The maximum Gasteiger partial charge on any atom is 0.296 e. The highest BCUT2D eigenvalue weighted by Gasteiger charge is 2.27. The molecule has 1 rings (SSSR count). The maximum absolute atomic E-state index is 10.8. The Balaban J connectivity index is 2.51. The van der Waals surface area contributed by atoms with Gasteiger partial charge in [0.25, 0.3) is 11.8 Å².